The molecule has 9 nitrogen and oxygen atoms in total. The summed E-state index contributed by atoms with van der Waals surface area (Å²) in [5.74, 6) is 1.27. The molecule has 6 heterocycles. The highest BCUT2D eigenvalue weighted by atomic mass is 35.5. The molecule has 0 amide bonds. The Morgan fingerprint density at radius 3 is 2.68 bits per heavy atom. The van der Waals surface area contributed by atoms with Crippen LogP contribution in [-0.2, 0) is 0 Å². The SMILES string of the molecule is CC1(CC(=O)c2ncccc2Cl)CCN(c2ccc(-c3cc(OCC4(F)CNC4)cn4ncc(C#N)c34)cn2)CC1. The summed E-state index contributed by atoms with van der Waals surface area (Å²) in [4.78, 5) is 24.0. The van der Waals surface area contributed by atoms with E-state index in [1.807, 2.05) is 12.1 Å². The molecule has 4 aromatic rings. The zero-order valence-electron chi connectivity index (χ0n) is 22.6. The number of hydrogen-bond acceptors (Lipinski definition) is 8. The average Bonchev–Trinajstić information content (AvgIpc) is 3.38. The maximum atomic E-state index is 14.5. The van der Waals surface area contributed by atoms with E-state index in [2.05, 4.69) is 33.3 Å². The molecule has 2 aliphatic rings. The molecule has 210 valence electrons. The van der Waals surface area contributed by atoms with E-state index in [1.165, 1.54) is 6.20 Å². The van der Waals surface area contributed by atoms with E-state index in [0.717, 1.165) is 42.9 Å². The highest BCUT2D eigenvalue weighted by Gasteiger charge is 2.38. The van der Waals surface area contributed by atoms with Crippen LogP contribution < -0.4 is 15.0 Å². The zero-order valence-corrected chi connectivity index (χ0v) is 23.4. The van der Waals surface area contributed by atoms with Gasteiger partial charge in [-0.05, 0) is 48.6 Å². The van der Waals surface area contributed by atoms with Gasteiger partial charge < -0.3 is 15.0 Å². The maximum absolute atomic E-state index is 14.5. The molecular formula is C30H29ClFN7O2. The van der Waals surface area contributed by atoms with Crippen molar-refractivity contribution in [3.63, 3.8) is 0 Å². The summed E-state index contributed by atoms with van der Waals surface area (Å²) in [5, 5.41) is 17.3. The van der Waals surface area contributed by atoms with Crippen LogP contribution in [0.15, 0.2) is 55.1 Å². The lowest BCUT2D eigenvalue weighted by Crippen LogP contribution is -2.59. The highest BCUT2D eigenvalue weighted by molar-refractivity contribution is 6.33. The van der Waals surface area contributed by atoms with E-state index in [0.29, 0.717) is 34.0 Å². The lowest BCUT2D eigenvalue weighted by molar-refractivity contribution is 0.0345. The topological polar surface area (TPSA) is 108 Å². The van der Waals surface area contributed by atoms with Crippen LogP contribution in [0.25, 0.3) is 16.6 Å². The normalized spacial score (nSPS) is 17.6. The molecule has 2 saturated heterocycles. The summed E-state index contributed by atoms with van der Waals surface area (Å²) in [6.45, 7) is 4.13. The average molecular weight is 574 g/mol. The standard InChI is InChI=1S/C30H29ClFN7O2/c1-29(12-25(40)27-24(31)3-2-8-35-27)6-9-38(10-7-29)26-5-4-20(14-36-26)23-11-22(41-19-30(32)17-34-18-30)16-39-28(23)21(13-33)15-37-39/h2-5,8,11,14-16,34H,6-7,9-10,12,17-19H2,1H3. The van der Waals surface area contributed by atoms with Gasteiger partial charge in [0.25, 0.3) is 0 Å². The number of halogens is 2. The van der Waals surface area contributed by atoms with Gasteiger partial charge in [-0.1, -0.05) is 18.5 Å². The number of carbonyl (C=O) groups is 1. The Kier molecular flexibility index (Phi) is 7.09. The van der Waals surface area contributed by atoms with E-state index in [-0.39, 0.29) is 30.9 Å². The second-order valence-corrected chi connectivity index (χ2v) is 11.6. The van der Waals surface area contributed by atoms with Gasteiger partial charge in [-0.2, -0.15) is 10.4 Å². The molecule has 0 radical (unpaired) electrons. The number of piperidine rings is 1. The van der Waals surface area contributed by atoms with E-state index in [1.54, 1.807) is 41.3 Å². The Morgan fingerprint density at radius 2 is 2.02 bits per heavy atom. The van der Waals surface area contributed by atoms with Crippen molar-refractivity contribution >= 4 is 28.7 Å². The largest absolute Gasteiger partial charge is 0.489 e. The fourth-order valence-corrected chi connectivity index (χ4v) is 5.66. The number of ketones is 1. The maximum Gasteiger partial charge on any atom is 0.183 e. The smallest absolute Gasteiger partial charge is 0.183 e. The van der Waals surface area contributed by atoms with Gasteiger partial charge >= 0.3 is 0 Å². The number of nitriles is 1. The third kappa shape index (κ3) is 5.47. The van der Waals surface area contributed by atoms with Crippen LogP contribution in [-0.4, -0.2) is 63.8 Å². The number of nitrogens with zero attached hydrogens (tertiary/aromatic N) is 6. The van der Waals surface area contributed by atoms with E-state index >= 15 is 0 Å². The third-order valence-corrected chi connectivity index (χ3v) is 8.36. The van der Waals surface area contributed by atoms with Crippen molar-refractivity contribution in [2.75, 3.05) is 37.7 Å². The number of anilines is 1. The van der Waals surface area contributed by atoms with Crippen LogP contribution in [0, 0.1) is 16.7 Å². The van der Waals surface area contributed by atoms with Gasteiger partial charge in [0.15, 0.2) is 11.5 Å². The predicted molar refractivity (Wildman–Crippen MR) is 153 cm³/mol. The van der Waals surface area contributed by atoms with Gasteiger partial charge in [-0.15, -0.1) is 0 Å². The van der Waals surface area contributed by atoms with Gasteiger partial charge in [0.1, 0.15) is 29.9 Å². The molecule has 0 saturated carbocycles. The van der Waals surface area contributed by atoms with Gasteiger partial charge in [-0.25, -0.2) is 13.9 Å². The minimum Gasteiger partial charge on any atom is -0.489 e. The minimum absolute atomic E-state index is 0.0331. The Labute approximate surface area is 241 Å². The summed E-state index contributed by atoms with van der Waals surface area (Å²) < 4.78 is 21.9. The Bertz CT molecular complexity index is 1640. The van der Waals surface area contributed by atoms with E-state index in [9.17, 15) is 14.4 Å². The monoisotopic (exact) mass is 573 g/mol. The van der Waals surface area contributed by atoms with Crippen LogP contribution in [0.4, 0.5) is 10.2 Å². The molecule has 11 heteroatoms. The second-order valence-electron chi connectivity index (χ2n) is 11.2. The van der Waals surface area contributed by atoms with Crippen molar-refractivity contribution in [3.05, 3.63) is 71.4 Å². The molecule has 6 rings (SSSR count). The van der Waals surface area contributed by atoms with Crippen molar-refractivity contribution in [2.24, 2.45) is 5.41 Å². The number of rotatable bonds is 8. The predicted octanol–water partition coefficient (Wildman–Crippen LogP) is 4.89. The molecule has 0 unspecified atom stereocenters. The van der Waals surface area contributed by atoms with Crippen molar-refractivity contribution in [3.8, 4) is 22.9 Å². The molecule has 1 N–H and O–H groups in total. The fraction of sp³-hybridized carbons (Fsp3) is 0.367. The first kappa shape index (κ1) is 27.1. The summed E-state index contributed by atoms with van der Waals surface area (Å²) >= 11 is 6.19. The molecule has 0 bridgehead atoms. The third-order valence-electron chi connectivity index (χ3n) is 8.05. The highest BCUT2D eigenvalue weighted by Crippen LogP contribution is 2.38. The van der Waals surface area contributed by atoms with Gasteiger partial charge in [0, 0.05) is 56.1 Å². The van der Waals surface area contributed by atoms with Crippen LogP contribution in [0.2, 0.25) is 5.02 Å². The Hall–Kier alpha value is -4.07. The summed E-state index contributed by atoms with van der Waals surface area (Å²) in [6, 6.07) is 11.3. The molecular weight excluding hydrogens is 545 g/mol. The van der Waals surface area contributed by atoms with Crippen molar-refractivity contribution < 1.29 is 13.9 Å². The molecule has 41 heavy (non-hydrogen) atoms. The number of alkyl halides is 1. The molecule has 4 aromatic heterocycles. The van der Waals surface area contributed by atoms with Crippen LogP contribution >= 0.6 is 11.6 Å². The van der Waals surface area contributed by atoms with Gasteiger partial charge in [-0.3, -0.25) is 9.78 Å². The number of hydrogen-bond donors (Lipinski definition) is 1. The number of ether oxygens (including phenoxy) is 1. The number of aromatic nitrogens is 4. The number of carbonyl (C=O) groups excluding carboxylic acids is 1. The lowest BCUT2D eigenvalue weighted by atomic mass is 9.76. The van der Waals surface area contributed by atoms with Gasteiger partial charge in [0.05, 0.1) is 28.5 Å². The first-order valence-corrected chi connectivity index (χ1v) is 13.9. The number of nitrogens with one attached hydrogen (secondary N) is 1. The number of Topliss-reactive ketones (excluding diaryl/α,β-unsaturated/α-hetero) is 1. The molecule has 2 aliphatic heterocycles. The second kappa shape index (κ2) is 10.7. The number of fused-ring (bicyclic) bond motifs is 1. The first-order chi connectivity index (χ1) is 19.8. The molecule has 0 spiro atoms. The zero-order chi connectivity index (χ0) is 28.6. The molecule has 0 atom stereocenters. The Morgan fingerprint density at radius 1 is 1.22 bits per heavy atom. The van der Waals surface area contributed by atoms with Crippen molar-refractivity contribution in [1.29, 1.82) is 5.26 Å². The molecule has 2 fully saturated rings. The van der Waals surface area contributed by atoms with Gasteiger partial charge in [0.2, 0.25) is 0 Å². The molecule has 0 aromatic carbocycles. The van der Waals surface area contributed by atoms with Crippen molar-refractivity contribution in [1.82, 2.24) is 24.9 Å². The van der Waals surface area contributed by atoms with Crippen LogP contribution in [0.3, 0.4) is 0 Å². The van der Waals surface area contributed by atoms with Crippen molar-refractivity contribution in [2.45, 2.75) is 31.9 Å². The lowest BCUT2D eigenvalue weighted by Gasteiger charge is -2.39. The summed E-state index contributed by atoms with van der Waals surface area (Å²) in [5.41, 5.74) is 1.39. The number of pyridine rings is 3. The quantitative estimate of drug-likeness (QED) is 0.297. The molecule has 0 aliphatic carbocycles. The van der Waals surface area contributed by atoms with Crippen LogP contribution in [0.1, 0.15) is 42.2 Å². The Balaban J connectivity index is 1.17. The van der Waals surface area contributed by atoms with E-state index < -0.39 is 5.67 Å². The fourth-order valence-electron chi connectivity index (χ4n) is 5.44. The first-order valence-electron chi connectivity index (χ1n) is 13.5. The summed E-state index contributed by atoms with van der Waals surface area (Å²) in [6.07, 6.45) is 8.59. The van der Waals surface area contributed by atoms with Crippen LogP contribution in [0.5, 0.6) is 5.75 Å². The minimum atomic E-state index is -1.39. The summed E-state index contributed by atoms with van der Waals surface area (Å²) in [7, 11) is 0. The van der Waals surface area contributed by atoms with E-state index in [4.69, 9.17) is 21.3 Å².